The van der Waals surface area contributed by atoms with Gasteiger partial charge < -0.3 is 10.3 Å². The summed E-state index contributed by atoms with van der Waals surface area (Å²) in [5, 5.41) is 17.4. The van der Waals surface area contributed by atoms with Gasteiger partial charge in [-0.3, -0.25) is 10.2 Å². The van der Waals surface area contributed by atoms with E-state index in [1.165, 1.54) is 6.07 Å². The maximum Gasteiger partial charge on any atom is 0.252 e. The molecule has 1 aromatic carbocycles. The molecule has 2 aromatic rings. The van der Waals surface area contributed by atoms with Crippen molar-refractivity contribution in [3.8, 4) is 6.07 Å². The van der Waals surface area contributed by atoms with E-state index in [1.54, 1.807) is 29.0 Å². The fraction of sp³-hybridized carbons (Fsp3) is 0.133. The first-order chi connectivity index (χ1) is 9.93. The number of rotatable bonds is 3. The van der Waals surface area contributed by atoms with Crippen molar-refractivity contribution >= 4 is 29.9 Å². The molecular weight excluding hydrogens is 323 g/mol. The smallest absolute Gasteiger partial charge is 0.252 e. The topological polar surface area (TPSA) is 95.7 Å². The van der Waals surface area contributed by atoms with Crippen LogP contribution in [-0.4, -0.2) is 10.5 Å². The Kier molecular flexibility index (Phi) is 5.75. The van der Waals surface area contributed by atoms with Crippen molar-refractivity contribution in [2.45, 2.75) is 13.0 Å². The number of primary amides is 1. The first-order valence-electron chi connectivity index (χ1n) is 6.20. The molecule has 3 N–H and O–H groups in total. The van der Waals surface area contributed by atoms with E-state index in [1.807, 2.05) is 13.0 Å². The highest BCUT2D eigenvalue weighted by molar-refractivity contribution is 6.30. The minimum atomic E-state index is -0.700. The van der Waals surface area contributed by atoms with E-state index in [0.717, 1.165) is 5.56 Å². The average molecular weight is 337 g/mol. The van der Waals surface area contributed by atoms with Gasteiger partial charge in [0.1, 0.15) is 5.49 Å². The minimum Gasteiger partial charge on any atom is -0.365 e. The van der Waals surface area contributed by atoms with Crippen LogP contribution in [0.25, 0.3) is 0 Å². The lowest BCUT2D eigenvalue weighted by Crippen LogP contribution is -2.31. The van der Waals surface area contributed by atoms with Gasteiger partial charge in [0, 0.05) is 6.20 Å². The van der Waals surface area contributed by atoms with Crippen LogP contribution in [0.4, 0.5) is 0 Å². The third-order valence-electron chi connectivity index (χ3n) is 3.24. The molecule has 0 aliphatic rings. The zero-order chi connectivity index (χ0) is 15.6. The number of pyridine rings is 1. The van der Waals surface area contributed by atoms with Gasteiger partial charge in [0.25, 0.3) is 5.91 Å². The number of nitrogens with zero attached hydrogens (tertiary/aromatic N) is 2. The lowest BCUT2D eigenvalue weighted by molar-refractivity contribution is 0.0997. The van der Waals surface area contributed by atoms with Crippen molar-refractivity contribution in [3.63, 3.8) is 0 Å². The quantitative estimate of drug-likeness (QED) is 0.900. The summed E-state index contributed by atoms with van der Waals surface area (Å²) in [5.41, 5.74) is 6.68. The van der Waals surface area contributed by atoms with Crippen molar-refractivity contribution in [2.75, 3.05) is 0 Å². The van der Waals surface area contributed by atoms with Crippen molar-refractivity contribution in [1.29, 1.82) is 10.7 Å². The molecule has 0 unspecified atom stereocenters. The molecule has 1 amide bonds. The largest absolute Gasteiger partial charge is 0.365 e. The Morgan fingerprint density at radius 1 is 1.45 bits per heavy atom. The number of amides is 1. The summed E-state index contributed by atoms with van der Waals surface area (Å²) in [6, 6.07) is 10.3. The molecule has 0 aliphatic heterocycles. The van der Waals surface area contributed by atoms with Gasteiger partial charge in [-0.25, -0.2) is 0 Å². The van der Waals surface area contributed by atoms with Crippen LogP contribution in [0, 0.1) is 16.7 Å². The molecule has 0 saturated carbocycles. The van der Waals surface area contributed by atoms with Crippen molar-refractivity contribution < 1.29 is 4.79 Å². The van der Waals surface area contributed by atoms with Gasteiger partial charge in [-0.2, -0.15) is 5.26 Å². The molecule has 7 heteroatoms. The van der Waals surface area contributed by atoms with Gasteiger partial charge in [-0.05, 0) is 30.7 Å². The standard InChI is InChI=1S/C15H13ClN4O.ClH/c1-9(11-4-2-3-10(5-11)7-17)20-8-12(16)6-13(14(20)18)15(19)21;/h2-6,8-9,18H,1H3,(H2,19,21);1H/t9-;/m0./s1. The number of nitriles is 1. The Labute approximate surface area is 138 Å². The number of carbonyl (C=O) groups is 1. The monoisotopic (exact) mass is 336 g/mol. The molecule has 0 spiro atoms. The van der Waals surface area contributed by atoms with Crippen LogP contribution < -0.4 is 11.2 Å². The van der Waals surface area contributed by atoms with Crippen LogP contribution in [0.5, 0.6) is 0 Å². The summed E-state index contributed by atoms with van der Waals surface area (Å²) in [6.45, 7) is 1.86. The number of benzene rings is 1. The Balaban J connectivity index is 0.00000242. The molecule has 1 heterocycles. The molecule has 0 bridgehead atoms. The maximum absolute atomic E-state index is 11.4. The first-order valence-corrected chi connectivity index (χ1v) is 6.58. The summed E-state index contributed by atoms with van der Waals surface area (Å²) in [5.74, 6) is -0.700. The molecule has 0 radical (unpaired) electrons. The van der Waals surface area contributed by atoms with Crippen molar-refractivity contribution in [1.82, 2.24) is 4.57 Å². The average Bonchev–Trinajstić information content (AvgIpc) is 2.48. The lowest BCUT2D eigenvalue weighted by atomic mass is 10.0. The molecule has 5 nitrogen and oxygen atoms in total. The van der Waals surface area contributed by atoms with Crippen LogP contribution in [0.1, 0.15) is 34.5 Å². The third-order valence-corrected chi connectivity index (χ3v) is 3.45. The summed E-state index contributed by atoms with van der Waals surface area (Å²) in [6.07, 6.45) is 1.57. The Hall–Kier alpha value is -2.29. The summed E-state index contributed by atoms with van der Waals surface area (Å²) in [7, 11) is 0. The van der Waals surface area contributed by atoms with Gasteiger partial charge in [0.15, 0.2) is 0 Å². The molecule has 0 fully saturated rings. The molecule has 114 valence electrons. The first kappa shape index (κ1) is 17.8. The molecule has 1 atom stereocenters. The molecule has 0 aliphatic carbocycles. The predicted octanol–water partition coefficient (Wildman–Crippen LogP) is 2.62. The fourth-order valence-corrected chi connectivity index (χ4v) is 2.32. The van der Waals surface area contributed by atoms with Crippen LogP contribution in [-0.2, 0) is 0 Å². The van der Waals surface area contributed by atoms with E-state index in [-0.39, 0.29) is 29.5 Å². The van der Waals surface area contributed by atoms with Crippen LogP contribution in [0.15, 0.2) is 36.5 Å². The zero-order valence-corrected chi connectivity index (χ0v) is 13.3. The van der Waals surface area contributed by atoms with E-state index < -0.39 is 5.91 Å². The normalized spacial score (nSPS) is 11.1. The second-order valence-corrected chi connectivity index (χ2v) is 5.04. The zero-order valence-electron chi connectivity index (χ0n) is 11.7. The minimum absolute atomic E-state index is 0. The van der Waals surface area contributed by atoms with Crippen LogP contribution in [0.3, 0.4) is 0 Å². The van der Waals surface area contributed by atoms with E-state index in [0.29, 0.717) is 10.6 Å². The fourth-order valence-electron chi connectivity index (χ4n) is 2.10. The molecular formula is C15H14Cl2N4O. The van der Waals surface area contributed by atoms with Crippen LogP contribution in [0.2, 0.25) is 5.02 Å². The molecule has 22 heavy (non-hydrogen) atoms. The Morgan fingerprint density at radius 3 is 2.73 bits per heavy atom. The van der Waals surface area contributed by atoms with Crippen LogP contribution >= 0.6 is 24.0 Å². The molecule has 1 aromatic heterocycles. The van der Waals surface area contributed by atoms with Gasteiger partial charge in [-0.15, -0.1) is 12.4 Å². The number of carbonyl (C=O) groups excluding carboxylic acids is 1. The summed E-state index contributed by atoms with van der Waals surface area (Å²) >= 11 is 5.99. The summed E-state index contributed by atoms with van der Waals surface area (Å²) < 4.78 is 1.55. The SMILES string of the molecule is C[C@@H](c1cccc(C#N)c1)n1cc(Cl)cc(C(N)=O)c1=N.Cl. The van der Waals surface area contributed by atoms with Gasteiger partial charge >= 0.3 is 0 Å². The number of hydrogen-bond acceptors (Lipinski definition) is 3. The number of aromatic nitrogens is 1. The van der Waals surface area contributed by atoms with Crippen molar-refractivity contribution in [2.24, 2.45) is 5.73 Å². The highest BCUT2D eigenvalue weighted by Gasteiger charge is 2.14. The second-order valence-electron chi connectivity index (χ2n) is 4.61. The van der Waals surface area contributed by atoms with Gasteiger partial charge in [-0.1, -0.05) is 23.7 Å². The van der Waals surface area contributed by atoms with E-state index in [9.17, 15) is 4.79 Å². The van der Waals surface area contributed by atoms with E-state index >= 15 is 0 Å². The third kappa shape index (κ3) is 3.48. The predicted molar refractivity (Wildman–Crippen MR) is 86.0 cm³/mol. The number of halogens is 2. The Morgan fingerprint density at radius 2 is 2.14 bits per heavy atom. The van der Waals surface area contributed by atoms with Gasteiger partial charge in [0.05, 0.1) is 28.3 Å². The highest BCUT2D eigenvalue weighted by atomic mass is 35.5. The van der Waals surface area contributed by atoms with Gasteiger partial charge in [0.2, 0.25) is 0 Å². The molecule has 2 rings (SSSR count). The summed E-state index contributed by atoms with van der Waals surface area (Å²) in [4.78, 5) is 11.4. The highest BCUT2D eigenvalue weighted by Crippen LogP contribution is 2.19. The number of nitrogens with two attached hydrogens (primary N) is 1. The van der Waals surface area contributed by atoms with Crippen molar-refractivity contribution in [3.05, 3.63) is 63.7 Å². The van der Waals surface area contributed by atoms with E-state index in [4.69, 9.17) is 28.0 Å². The Bertz CT molecular complexity index is 808. The maximum atomic E-state index is 11.4. The lowest BCUT2D eigenvalue weighted by Gasteiger charge is -2.18. The second kappa shape index (κ2) is 7.12. The number of hydrogen-bond donors (Lipinski definition) is 2. The number of nitrogens with one attached hydrogen (secondary N) is 1. The molecule has 0 saturated heterocycles. The van der Waals surface area contributed by atoms with E-state index in [2.05, 4.69) is 6.07 Å².